The zero-order valence-electron chi connectivity index (χ0n) is 14.1. The minimum atomic E-state index is 0.0922. The Balaban J connectivity index is 1.75. The number of rotatable bonds is 4. The van der Waals surface area contributed by atoms with E-state index < -0.39 is 0 Å². The van der Waals surface area contributed by atoms with Crippen LogP contribution in [-0.4, -0.2) is 18.1 Å². The molecule has 7 heteroatoms. The Morgan fingerprint density at radius 3 is 2.68 bits per heavy atom. The van der Waals surface area contributed by atoms with E-state index >= 15 is 0 Å². The van der Waals surface area contributed by atoms with Gasteiger partial charge in [-0.05, 0) is 36.5 Å². The first kappa shape index (κ1) is 17.9. The van der Waals surface area contributed by atoms with Crippen molar-refractivity contribution in [2.75, 3.05) is 18.0 Å². The molecule has 3 rings (SSSR count). The Labute approximate surface area is 157 Å². The van der Waals surface area contributed by atoms with E-state index in [1.807, 2.05) is 0 Å². The van der Waals surface area contributed by atoms with E-state index in [9.17, 15) is 5.26 Å². The monoisotopic (exact) mass is 379 g/mol. The van der Waals surface area contributed by atoms with Gasteiger partial charge in [-0.15, -0.1) is 0 Å². The molecule has 0 spiro atoms. The van der Waals surface area contributed by atoms with Crippen LogP contribution in [0, 0.1) is 23.2 Å². The number of oxazole rings is 1. The Morgan fingerprint density at radius 1 is 1.32 bits per heavy atom. The minimum Gasteiger partial charge on any atom is -0.482 e. The molecular weight excluding hydrogens is 361 g/mol. The summed E-state index contributed by atoms with van der Waals surface area (Å²) in [4.78, 5) is 6.35. The molecule has 5 nitrogen and oxygen atoms in total. The van der Waals surface area contributed by atoms with Gasteiger partial charge in [0.1, 0.15) is 11.8 Å². The summed E-state index contributed by atoms with van der Waals surface area (Å²) in [5.41, 5.74) is 0.294. The van der Waals surface area contributed by atoms with Crippen LogP contribution in [0.15, 0.2) is 22.6 Å². The maximum Gasteiger partial charge on any atom is 0.236 e. The van der Waals surface area contributed by atoms with Crippen LogP contribution in [-0.2, 0) is 6.61 Å². The van der Waals surface area contributed by atoms with Crippen molar-refractivity contribution in [3.05, 3.63) is 39.8 Å². The van der Waals surface area contributed by atoms with Gasteiger partial charge in [-0.1, -0.05) is 37.0 Å². The molecule has 1 aliphatic rings. The Bertz CT molecular complexity index is 790. The molecule has 1 aromatic carbocycles. The van der Waals surface area contributed by atoms with Crippen LogP contribution < -0.4 is 9.64 Å². The summed E-state index contributed by atoms with van der Waals surface area (Å²) in [5, 5.41) is 10.3. The lowest BCUT2D eigenvalue weighted by Crippen LogP contribution is -2.38. The summed E-state index contributed by atoms with van der Waals surface area (Å²) in [5.74, 6) is 2.47. The fraction of sp³-hybridized carbons (Fsp3) is 0.444. The minimum absolute atomic E-state index is 0.0922. The largest absolute Gasteiger partial charge is 0.482 e. The third-order valence-corrected chi connectivity index (χ3v) is 4.69. The van der Waals surface area contributed by atoms with Gasteiger partial charge in [0.15, 0.2) is 6.61 Å². The van der Waals surface area contributed by atoms with Crippen molar-refractivity contribution in [3.8, 4) is 11.8 Å². The van der Waals surface area contributed by atoms with Crippen molar-refractivity contribution in [1.82, 2.24) is 4.98 Å². The summed E-state index contributed by atoms with van der Waals surface area (Å²) in [7, 11) is 0. The molecule has 2 heterocycles. The zero-order valence-corrected chi connectivity index (χ0v) is 15.6. The zero-order chi connectivity index (χ0) is 18.0. The number of hydrogen-bond acceptors (Lipinski definition) is 5. The van der Waals surface area contributed by atoms with Gasteiger partial charge in [0.25, 0.3) is 0 Å². The number of nitriles is 1. The highest BCUT2D eigenvalue weighted by atomic mass is 35.5. The first-order valence-corrected chi connectivity index (χ1v) is 8.94. The van der Waals surface area contributed by atoms with E-state index in [2.05, 4.69) is 29.8 Å². The lowest BCUT2D eigenvalue weighted by atomic mass is 9.92. The molecule has 0 N–H and O–H groups in total. The quantitative estimate of drug-likeness (QED) is 0.754. The number of halogens is 2. The highest BCUT2D eigenvalue weighted by molar-refractivity contribution is 6.35. The molecule has 1 saturated heterocycles. The van der Waals surface area contributed by atoms with Gasteiger partial charge in [0.2, 0.25) is 17.5 Å². The van der Waals surface area contributed by atoms with Gasteiger partial charge >= 0.3 is 0 Å². The second-order valence-corrected chi connectivity index (χ2v) is 7.43. The number of nitrogens with zero attached hydrogens (tertiary/aromatic N) is 3. The van der Waals surface area contributed by atoms with E-state index in [4.69, 9.17) is 32.4 Å². The molecule has 0 aliphatic carbocycles. The standard InChI is InChI=1S/C18H19Cl2N3O2/c1-11-5-12(2)9-23(8-11)18-15(7-21)22-17(25-18)10-24-16-4-3-13(19)6-14(16)20/h3-4,6,11-12H,5,8-10H2,1-2H3/t11-,12-/m1/s1. The topological polar surface area (TPSA) is 62.3 Å². The van der Waals surface area contributed by atoms with Crippen LogP contribution in [0.2, 0.25) is 10.0 Å². The van der Waals surface area contributed by atoms with Gasteiger partial charge in [-0.2, -0.15) is 10.2 Å². The summed E-state index contributed by atoms with van der Waals surface area (Å²) < 4.78 is 11.5. The first-order valence-electron chi connectivity index (χ1n) is 8.19. The second kappa shape index (κ2) is 7.55. The molecule has 0 radical (unpaired) electrons. The van der Waals surface area contributed by atoms with E-state index in [1.54, 1.807) is 18.2 Å². The average molecular weight is 380 g/mol. The van der Waals surface area contributed by atoms with Gasteiger partial charge in [-0.3, -0.25) is 0 Å². The number of hydrogen-bond donors (Lipinski definition) is 0. The summed E-state index contributed by atoms with van der Waals surface area (Å²) in [6.07, 6.45) is 1.18. The van der Waals surface area contributed by atoms with Crippen LogP contribution in [0.25, 0.3) is 0 Å². The highest BCUT2D eigenvalue weighted by Crippen LogP contribution is 2.31. The van der Waals surface area contributed by atoms with Crippen LogP contribution in [0.5, 0.6) is 5.75 Å². The predicted octanol–water partition coefficient (Wildman–Crippen LogP) is 4.91. The number of anilines is 1. The van der Waals surface area contributed by atoms with Gasteiger partial charge in [0, 0.05) is 18.1 Å². The van der Waals surface area contributed by atoms with Gasteiger partial charge < -0.3 is 14.1 Å². The molecule has 0 saturated carbocycles. The fourth-order valence-electron chi connectivity index (χ4n) is 3.26. The molecule has 2 aromatic rings. The van der Waals surface area contributed by atoms with Crippen molar-refractivity contribution >= 4 is 29.1 Å². The molecule has 0 unspecified atom stereocenters. The number of aromatic nitrogens is 1. The molecule has 132 valence electrons. The molecule has 0 bridgehead atoms. The fourth-order valence-corrected chi connectivity index (χ4v) is 3.73. The lowest BCUT2D eigenvalue weighted by Gasteiger charge is -2.34. The average Bonchev–Trinajstić information content (AvgIpc) is 2.96. The van der Waals surface area contributed by atoms with Crippen LogP contribution in [0.3, 0.4) is 0 Å². The molecule has 1 aromatic heterocycles. The number of benzene rings is 1. The number of piperidine rings is 1. The van der Waals surface area contributed by atoms with Crippen LogP contribution >= 0.6 is 23.2 Å². The SMILES string of the molecule is C[C@@H]1C[C@@H](C)CN(c2oc(COc3ccc(Cl)cc3Cl)nc2C#N)C1. The summed E-state index contributed by atoms with van der Waals surface area (Å²) in [6.45, 7) is 6.22. The Morgan fingerprint density at radius 2 is 2.04 bits per heavy atom. The van der Waals surface area contributed by atoms with E-state index in [0.717, 1.165) is 13.1 Å². The Hall–Kier alpha value is -1.90. The predicted molar refractivity (Wildman–Crippen MR) is 97.2 cm³/mol. The van der Waals surface area contributed by atoms with Crippen molar-refractivity contribution in [3.63, 3.8) is 0 Å². The van der Waals surface area contributed by atoms with E-state index in [1.165, 1.54) is 6.42 Å². The smallest absolute Gasteiger partial charge is 0.236 e. The number of ether oxygens (including phenoxy) is 1. The molecule has 25 heavy (non-hydrogen) atoms. The maximum atomic E-state index is 9.38. The molecule has 0 amide bonds. The van der Waals surface area contributed by atoms with Crippen molar-refractivity contribution in [2.45, 2.75) is 26.9 Å². The first-order chi connectivity index (χ1) is 12.0. The molecule has 1 fully saturated rings. The normalized spacial score (nSPS) is 20.4. The van der Waals surface area contributed by atoms with Crippen molar-refractivity contribution < 1.29 is 9.15 Å². The third kappa shape index (κ3) is 4.20. The van der Waals surface area contributed by atoms with Gasteiger partial charge in [-0.25, -0.2) is 0 Å². The summed E-state index contributed by atoms with van der Waals surface area (Å²) >= 11 is 12.0. The molecular formula is C18H19Cl2N3O2. The van der Waals surface area contributed by atoms with Crippen LogP contribution in [0.1, 0.15) is 31.9 Å². The van der Waals surface area contributed by atoms with Gasteiger partial charge in [0.05, 0.1) is 5.02 Å². The van der Waals surface area contributed by atoms with Crippen LogP contribution in [0.4, 0.5) is 5.88 Å². The molecule has 2 atom stereocenters. The lowest BCUT2D eigenvalue weighted by molar-refractivity contribution is 0.261. The second-order valence-electron chi connectivity index (χ2n) is 6.59. The van der Waals surface area contributed by atoms with Crippen molar-refractivity contribution in [1.29, 1.82) is 5.26 Å². The summed E-state index contributed by atoms with van der Waals surface area (Å²) in [6, 6.07) is 7.11. The third-order valence-electron chi connectivity index (χ3n) is 4.16. The highest BCUT2D eigenvalue weighted by Gasteiger charge is 2.27. The maximum absolute atomic E-state index is 9.38. The Kier molecular flexibility index (Phi) is 5.41. The van der Waals surface area contributed by atoms with Crippen molar-refractivity contribution in [2.24, 2.45) is 11.8 Å². The van der Waals surface area contributed by atoms with E-state index in [0.29, 0.717) is 45.1 Å². The molecule has 1 aliphatic heterocycles. The van der Waals surface area contributed by atoms with E-state index in [-0.39, 0.29) is 6.61 Å².